The molecule has 0 aliphatic carbocycles. The molecule has 3 heterocycles. The maximum Gasteiger partial charge on any atom is 0.235 e. The Labute approximate surface area is 251 Å². The minimum Gasteiger partial charge on any atom is -0.380 e. The van der Waals surface area contributed by atoms with E-state index in [9.17, 15) is 9.90 Å². The number of hydrogen-bond acceptors (Lipinski definition) is 3. The van der Waals surface area contributed by atoms with Crippen molar-refractivity contribution in [2.45, 2.75) is 45.1 Å². The van der Waals surface area contributed by atoms with Gasteiger partial charge in [0, 0.05) is 55.7 Å². The summed E-state index contributed by atoms with van der Waals surface area (Å²) in [6.07, 6.45) is 6.74. The Kier molecular flexibility index (Phi) is 7.84. The number of hydrogen-bond donors (Lipinski definition) is 2. The van der Waals surface area contributed by atoms with Crippen molar-refractivity contribution < 1.29 is 14.6 Å². The van der Waals surface area contributed by atoms with Gasteiger partial charge in [-0.3, -0.25) is 9.78 Å². The van der Waals surface area contributed by atoms with Gasteiger partial charge < -0.3 is 10.0 Å². The molecule has 1 amide bonds. The van der Waals surface area contributed by atoms with Crippen molar-refractivity contribution in [2.24, 2.45) is 5.92 Å². The van der Waals surface area contributed by atoms with Crippen LogP contribution in [0.4, 0.5) is 0 Å². The number of aryl methyl sites for hydroxylation is 1. The smallest absolute Gasteiger partial charge is 0.235 e. The second kappa shape index (κ2) is 11.7. The number of aromatic nitrogens is 3. The van der Waals surface area contributed by atoms with Crippen LogP contribution in [0.25, 0.3) is 16.6 Å². The van der Waals surface area contributed by atoms with Crippen LogP contribution in [0.1, 0.15) is 54.6 Å². The van der Waals surface area contributed by atoms with Gasteiger partial charge in [0.05, 0.1) is 16.7 Å². The molecule has 1 saturated heterocycles. The predicted octanol–water partition coefficient (Wildman–Crippen LogP) is 6.14. The molecule has 7 heteroatoms. The highest BCUT2D eigenvalue weighted by Crippen LogP contribution is 2.43. The van der Waals surface area contributed by atoms with Crippen LogP contribution in [0, 0.1) is 5.92 Å². The molecule has 0 bridgehead atoms. The summed E-state index contributed by atoms with van der Waals surface area (Å²) in [6, 6.07) is 26.3. The van der Waals surface area contributed by atoms with Crippen LogP contribution in [0.3, 0.4) is 0 Å². The van der Waals surface area contributed by atoms with Gasteiger partial charge in [-0.2, -0.15) is 5.10 Å². The van der Waals surface area contributed by atoms with Gasteiger partial charge in [0.15, 0.2) is 0 Å². The first kappa shape index (κ1) is 28.1. The van der Waals surface area contributed by atoms with Gasteiger partial charge in [-0.25, -0.2) is 0 Å². The first-order chi connectivity index (χ1) is 20.4. The first-order valence-corrected chi connectivity index (χ1v) is 15.1. The average molecular weight is 580 g/mol. The van der Waals surface area contributed by atoms with E-state index in [1.165, 1.54) is 0 Å². The summed E-state index contributed by atoms with van der Waals surface area (Å²) in [6.45, 7) is 4.99. The van der Waals surface area contributed by atoms with Crippen molar-refractivity contribution in [2.75, 3.05) is 13.1 Å². The molecule has 1 aliphatic rings. The number of aromatic amines is 1. The van der Waals surface area contributed by atoms with E-state index in [1.54, 1.807) is 6.92 Å². The Morgan fingerprint density at radius 3 is 2.43 bits per heavy atom. The lowest BCUT2D eigenvalue weighted by atomic mass is 9.71. The number of H-pyrrole nitrogens is 1. The predicted molar refractivity (Wildman–Crippen MR) is 166 cm³/mol. The molecule has 0 saturated carbocycles. The number of fused-ring (bicyclic) bond motifs is 1. The second-order valence-corrected chi connectivity index (χ2v) is 11.6. The van der Waals surface area contributed by atoms with Crippen LogP contribution < -0.4 is 4.68 Å². The molecule has 1 fully saturated rings. The lowest BCUT2D eigenvalue weighted by Crippen LogP contribution is -2.45. The van der Waals surface area contributed by atoms with Crippen molar-refractivity contribution in [1.82, 2.24) is 15.0 Å². The molecule has 3 aromatic carbocycles. The number of likely N-dealkylation sites (tertiary alicyclic amines) is 1. The number of piperidine rings is 1. The third-order valence-electron chi connectivity index (χ3n) is 8.76. The zero-order valence-electron chi connectivity index (χ0n) is 24.1. The van der Waals surface area contributed by atoms with Gasteiger partial charge in [0.25, 0.3) is 0 Å². The average Bonchev–Trinajstić information content (AvgIpc) is 3.58. The molecule has 0 spiro atoms. The maximum atomic E-state index is 12.6. The third-order valence-corrected chi connectivity index (χ3v) is 9.19. The van der Waals surface area contributed by atoms with Gasteiger partial charge in [-0.15, -0.1) is 0 Å². The number of carbonyl (C=O) groups excluding carboxylic acids is 1. The molecular formula is C35H36ClN4O2+. The zero-order valence-corrected chi connectivity index (χ0v) is 24.8. The number of nitrogens with zero attached hydrogens (tertiary/aromatic N) is 3. The highest BCUT2D eigenvalue weighted by atomic mass is 35.5. The number of pyridine rings is 1. The van der Waals surface area contributed by atoms with Crippen molar-refractivity contribution in [3.8, 4) is 5.69 Å². The summed E-state index contributed by atoms with van der Waals surface area (Å²) >= 11 is 7.22. The highest BCUT2D eigenvalue weighted by molar-refractivity contribution is 6.36. The molecule has 5 aromatic rings. The van der Waals surface area contributed by atoms with Crippen molar-refractivity contribution >= 4 is 28.4 Å². The molecule has 1 aliphatic heterocycles. The van der Waals surface area contributed by atoms with E-state index in [4.69, 9.17) is 16.6 Å². The number of aliphatic hydroxyl groups is 1. The molecule has 2 aromatic heterocycles. The monoisotopic (exact) mass is 579 g/mol. The third kappa shape index (κ3) is 5.21. The van der Waals surface area contributed by atoms with Gasteiger partial charge in [0.2, 0.25) is 17.8 Å². The molecular weight excluding hydrogens is 544 g/mol. The van der Waals surface area contributed by atoms with E-state index >= 15 is 0 Å². The highest BCUT2D eigenvalue weighted by Gasteiger charge is 2.42. The van der Waals surface area contributed by atoms with Crippen LogP contribution in [0.5, 0.6) is 0 Å². The minimum absolute atomic E-state index is 0.0508. The van der Waals surface area contributed by atoms with Crippen molar-refractivity contribution in [3.63, 3.8) is 0 Å². The number of carbonyl (C=O) groups is 1. The Bertz CT molecular complexity index is 1700. The molecule has 6 nitrogen and oxygen atoms in total. The summed E-state index contributed by atoms with van der Waals surface area (Å²) in [5.74, 6) is 0.0299. The molecule has 214 valence electrons. The van der Waals surface area contributed by atoms with Crippen LogP contribution >= 0.6 is 11.6 Å². The minimum atomic E-state index is -1.23. The summed E-state index contributed by atoms with van der Waals surface area (Å²) < 4.78 is 1.96. The fourth-order valence-corrected chi connectivity index (χ4v) is 6.72. The molecule has 1 unspecified atom stereocenters. The van der Waals surface area contributed by atoms with Crippen molar-refractivity contribution in [3.05, 3.63) is 124 Å². The standard InChI is InChI=1S/C35H35ClN4O2/c1-3-32-30(22-25-10-13-29(14-11-25)40-19-7-18-37-40)34(36)31-23-28(12-15-33(31)38-32)35(42,26-8-5-4-6-9-26)27-16-20-39(21-17-27)24(2)41/h4-15,18-19,23,27,42H,3,16-17,20-22H2,1-2H3/p+1. The van der Waals surface area contributed by atoms with Crippen LogP contribution in [0.2, 0.25) is 5.02 Å². The SMILES string of the molecule is CCc1nc2ccc(C(O)(c3ccccc3)C3CCN(C(C)=O)CC3)cc2c(Cl)c1Cc1ccc(-[n+]2ccc[nH]2)cc1. The van der Waals surface area contributed by atoms with Crippen LogP contribution in [0.15, 0.2) is 91.3 Å². The van der Waals surface area contributed by atoms with E-state index in [2.05, 4.69) is 36.3 Å². The number of amides is 1. The van der Waals surface area contributed by atoms with Gasteiger partial charge in [-0.1, -0.05) is 71.7 Å². The Hall–Kier alpha value is -4.00. The Morgan fingerprint density at radius 2 is 1.79 bits per heavy atom. The van der Waals surface area contributed by atoms with Crippen LogP contribution in [-0.2, 0) is 23.2 Å². The largest absolute Gasteiger partial charge is 0.380 e. The van der Waals surface area contributed by atoms with E-state index in [1.807, 2.05) is 76.6 Å². The summed E-state index contributed by atoms with van der Waals surface area (Å²) in [4.78, 5) is 18.9. The quantitative estimate of drug-likeness (QED) is 0.227. The van der Waals surface area contributed by atoms with E-state index < -0.39 is 5.60 Å². The Balaban J connectivity index is 1.40. The van der Waals surface area contributed by atoms with Gasteiger partial charge >= 0.3 is 0 Å². The molecule has 6 rings (SSSR count). The number of benzene rings is 3. The van der Waals surface area contributed by atoms with Crippen molar-refractivity contribution in [1.29, 1.82) is 0 Å². The lowest BCUT2D eigenvalue weighted by molar-refractivity contribution is -0.655. The molecule has 1 atom stereocenters. The summed E-state index contributed by atoms with van der Waals surface area (Å²) in [5, 5.41) is 17.3. The summed E-state index contributed by atoms with van der Waals surface area (Å²) in [5.41, 5.74) is 5.45. The topological polar surface area (TPSA) is 73.1 Å². The summed E-state index contributed by atoms with van der Waals surface area (Å²) in [7, 11) is 0. The van der Waals surface area contributed by atoms with Crippen LogP contribution in [-0.4, -0.2) is 39.1 Å². The lowest BCUT2D eigenvalue weighted by Gasteiger charge is -2.42. The first-order valence-electron chi connectivity index (χ1n) is 14.7. The van der Waals surface area contributed by atoms with E-state index in [-0.39, 0.29) is 11.8 Å². The second-order valence-electron chi connectivity index (χ2n) is 11.2. The molecule has 0 radical (unpaired) electrons. The molecule has 2 N–H and O–H groups in total. The number of nitrogens with one attached hydrogen (secondary N) is 1. The Morgan fingerprint density at radius 1 is 1.05 bits per heavy atom. The number of halogens is 1. The zero-order chi connectivity index (χ0) is 29.3. The maximum absolute atomic E-state index is 12.6. The van der Waals surface area contributed by atoms with E-state index in [0.717, 1.165) is 51.0 Å². The fourth-order valence-electron chi connectivity index (χ4n) is 6.40. The van der Waals surface area contributed by atoms with E-state index in [0.29, 0.717) is 37.4 Å². The number of rotatable bonds is 7. The molecule has 42 heavy (non-hydrogen) atoms. The van der Waals surface area contributed by atoms with Gasteiger partial charge in [0.1, 0.15) is 5.60 Å². The normalized spacial score (nSPS) is 15.6. The fraction of sp³-hybridized carbons (Fsp3) is 0.286. The van der Waals surface area contributed by atoms with Gasteiger partial charge in [-0.05, 0) is 59.6 Å².